The van der Waals surface area contributed by atoms with Crippen molar-refractivity contribution < 1.29 is 9.53 Å². The van der Waals surface area contributed by atoms with E-state index >= 15 is 0 Å². The third-order valence-corrected chi connectivity index (χ3v) is 3.33. The van der Waals surface area contributed by atoms with Crippen molar-refractivity contribution in [1.29, 1.82) is 0 Å². The Bertz CT molecular complexity index is 481. The van der Waals surface area contributed by atoms with Gasteiger partial charge in [-0.25, -0.2) is 4.98 Å². The molecule has 0 bridgehead atoms. The maximum absolute atomic E-state index is 12.1. The van der Waals surface area contributed by atoms with E-state index in [-0.39, 0.29) is 18.3 Å². The maximum atomic E-state index is 12.1. The Morgan fingerprint density at radius 3 is 2.78 bits per heavy atom. The highest BCUT2D eigenvalue weighted by Gasteiger charge is 2.26. The van der Waals surface area contributed by atoms with Gasteiger partial charge in [0.15, 0.2) is 0 Å². The summed E-state index contributed by atoms with van der Waals surface area (Å²) in [5.41, 5.74) is 6.12. The Kier molecular flexibility index (Phi) is 9.79. The molecule has 1 atom stereocenters. The zero-order chi connectivity index (χ0) is 16.6. The largest absolute Gasteiger partial charge is 0.476 e. The second-order valence-corrected chi connectivity index (χ2v) is 6.00. The number of nitrogens with one attached hydrogen (secondary N) is 1. The number of rotatable bonds is 9. The average Bonchev–Trinajstić information content (AvgIpc) is 2.44. The molecule has 1 rings (SSSR count). The number of likely N-dealkylation sites (N-methyl/N-ethyl adjacent to an activating group) is 1. The van der Waals surface area contributed by atoms with E-state index in [9.17, 15) is 4.79 Å². The second kappa shape index (κ2) is 10.4. The monoisotopic (exact) mass is 344 g/mol. The summed E-state index contributed by atoms with van der Waals surface area (Å²) < 4.78 is 5.58. The van der Waals surface area contributed by atoms with Crippen molar-refractivity contribution in [3.63, 3.8) is 0 Å². The fraction of sp³-hybridized carbons (Fsp3) is 0.625. The molecular formula is C16H29ClN4O2. The molecule has 1 heterocycles. The lowest BCUT2D eigenvalue weighted by molar-refractivity contribution is -0.126. The van der Waals surface area contributed by atoms with Crippen molar-refractivity contribution in [2.45, 2.75) is 38.8 Å². The third kappa shape index (κ3) is 8.16. The van der Waals surface area contributed by atoms with Gasteiger partial charge in [-0.2, -0.15) is 0 Å². The van der Waals surface area contributed by atoms with Gasteiger partial charge >= 0.3 is 0 Å². The number of ether oxygens (including phenoxy) is 1. The highest BCUT2D eigenvalue weighted by molar-refractivity contribution is 5.85. The molecule has 7 heteroatoms. The Morgan fingerprint density at radius 2 is 2.17 bits per heavy atom. The summed E-state index contributed by atoms with van der Waals surface area (Å²) in [4.78, 5) is 18.3. The smallest absolute Gasteiger partial charge is 0.240 e. The third-order valence-electron chi connectivity index (χ3n) is 3.33. The number of nitrogens with zero attached hydrogens (tertiary/aromatic N) is 2. The van der Waals surface area contributed by atoms with Crippen LogP contribution in [0.15, 0.2) is 18.3 Å². The number of carbonyl (C=O) groups is 1. The number of aromatic nitrogens is 1. The average molecular weight is 345 g/mol. The molecule has 1 aromatic heterocycles. The molecule has 1 amide bonds. The van der Waals surface area contributed by atoms with Crippen LogP contribution in [0.3, 0.4) is 0 Å². The van der Waals surface area contributed by atoms with Crippen LogP contribution in [0.25, 0.3) is 0 Å². The predicted molar refractivity (Wildman–Crippen MR) is 94.9 cm³/mol. The summed E-state index contributed by atoms with van der Waals surface area (Å²) in [6, 6.07) is 3.69. The number of hydrogen-bond acceptors (Lipinski definition) is 5. The fourth-order valence-electron chi connectivity index (χ4n) is 1.99. The Morgan fingerprint density at radius 1 is 1.48 bits per heavy atom. The number of pyridine rings is 1. The van der Waals surface area contributed by atoms with Crippen LogP contribution in [0.5, 0.6) is 5.88 Å². The molecule has 0 aliphatic carbocycles. The summed E-state index contributed by atoms with van der Waals surface area (Å²) >= 11 is 0. The normalized spacial score (nSPS) is 13.1. The summed E-state index contributed by atoms with van der Waals surface area (Å²) in [7, 11) is 3.98. The first-order chi connectivity index (χ1) is 10.3. The molecule has 0 fully saturated rings. The molecule has 0 saturated carbocycles. The summed E-state index contributed by atoms with van der Waals surface area (Å²) in [5, 5.41) is 2.87. The molecule has 0 spiro atoms. The molecule has 0 aliphatic heterocycles. The lowest BCUT2D eigenvalue weighted by Gasteiger charge is -2.22. The van der Waals surface area contributed by atoms with Gasteiger partial charge in [0.1, 0.15) is 6.61 Å². The van der Waals surface area contributed by atoms with Gasteiger partial charge in [-0.3, -0.25) is 4.79 Å². The Labute approximate surface area is 145 Å². The lowest BCUT2D eigenvalue weighted by Crippen LogP contribution is -2.51. The Hall–Kier alpha value is -1.37. The van der Waals surface area contributed by atoms with Crippen molar-refractivity contribution in [2.24, 2.45) is 5.73 Å². The minimum atomic E-state index is -0.827. The van der Waals surface area contributed by atoms with Crippen LogP contribution in [-0.2, 0) is 11.3 Å². The van der Waals surface area contributed by atoms with Gasteiger partial charge < -0.3 is 20.7 Å². The van der Waals surface area contributed by atoms with E-state index in [4.69, 9.17) is 10.5 Å². The number of halogens is 1. The molecular weight excluding hydrogens is 316 g/mol. The van der Waals surface area contributed by atoms with E-state index in [1.807, 2.05) is 38.1 Å². The molecule has 0 radical (unpaired) electrons. The van der Waals surface area contributed by atoms with Crippen LogP contribution in [0.2, 0.25) is 0 Å². The van der Waals surface area contributed by atoms with Crippen molar-refractivity contribution in [3.05, 3.63) is 23.9 Å². The van der Waals surface area contributed by atoms with Gasteiger partial charge in [0.2, 0.25) is 11.8 Å². The Balaban J connectivity index is 0.00000484. The number of amides is 1. The van der Waals surface area contributed by atoms with Gasteiger partial charge in [0.05, 0.1) is 5.54 Å². The van der Waals surface area contributed by atoms with E-state index in [2.05, 4.69) is 10.3 Å². The van der Waals surface area contributed by atoms with Crippen molar-refractivity contribution >= 4 is 18.3 Å². The molecule has 23 heavy (non-hydrogen) atoms. The number of nitrogens with two attached hydrogens (primary N) is 1. The standard InChI is InChI=1S/C16H28N4O2.ClH/c1-5-7-16(2,17)15(21)19-12-13-6-8-18-14(11-13)22-10-9-20(3)4;/h6,8,11H,5,7,9-10,12,17H2,1-4H3,(H,19,21);1H. The van der Waals surface area contributed by atoms with Crippen LogP contribution < -0.4 is 15.8 Å². The quantitative estimate of drug-likeness (QED) is 0.711. The molecule has 0 aromatic carbocycles. The number of hydrogen-bond donors (Lipinski definition) is 2. The van der Waals surface area contributed by atoms with E-state index in [0.717, 1.165) is 18.5 Å². The summed E-state index contributed by atoms with van der Waals surface area (Å²) in [5.74, 6) is 0.430. The van der Waals surface area contributed by atoms with E-state index in [1.165, 1.54) is 0 Å². The zero-order valence-electron chi connectivity index (χ0n) is 14.5. The van der Waals surface area contributed by atoms with Crippen LogP contribution in [0.1, 0.15) is 32.3 Å². The molecule has 0 saturated heterocycles. The highest BCUT2D eigenvalue weighted by atomic mass is 35.5. The molecule has 1 unspecified atom stereocenters. The molecule has 132 valence electrons. The van der Waals surface area contributed by atoms with Crippen LogP contribution >= 0.6 is 12.4 Å². The molecule has 3 N–H and O–H groups in total. The topological polar surface area (TPSA) is 80.5 Å². The number of carbonyl (C=O) groups excluding carboxylic acids is 1. The van der Waals surface area contributed by atoms with Crippen molar-refractivity contribution in [2.75, 3.05) is 27.2 Å². The molecule has 6 nitrogen and oxygen atoms in total. The first-order valence-electron chi connectivity index (χ1n) is 7.65. The summed E-state index contributed by atoms with van der Waals surface area (Å²) in [6.45, 7) is 5.59. The van der Waals surface area contributed by atoms with E-state index in [1.54, 1.807) is 13.1 Å². The zero-order valence-corrected chi connectivity index (χ0v) is 15.3. The minimum absolute atomic E-state index is 0. The maximum Gasteiger partial charge on any atom is 0.240 e. The van der Waals surface area contributed by atoms with Gasteiger partial charge in [-0.1, -0.05) is 13.3 Å². The molecule has 0 aliphatic rings. The second-order valence-electron chi connectivity index (χ2n) is 6.00. The van der Waals surface area contributed by atoms with Crippen LogP contribution in [0, 0.1) is 0 Å². The first-order valence-corrected chi connectivity index (χ1v) is 7.65. The van der Waals surface area contributed by atoms with Gasteiger partial charge in [-0.05, 0) is 39.1 Å². The van der Waals surface area contributed by atoms with E-state index in [0.29, 0.717) is 25.5 Å². The lowest BCUT2D eigenvalue weighted by atomic mass is 9.96. The van der Waals surface area contributed by atoms with Crippen LogP contribution in [-0.4, -0.2) is 48.6 Å². The SMILES string of the molecule is CCCC(C)(N)C(=O)NCc1ccnc(OCCN(C)C)c1.Cl. The van der Waals surface area contributed by atoms with Crippen molar-refractivity contribution in [1.82, 2.24) is 15.2 Å². The summed E-state index contributed by atoms with van der Waals surface area (Å²) in [6.07, 6.45) is 3.22. The first kappa shape index (κ1) is 21.6. The van der Waals surface area contributed by atoms with Gasteiger partial charge in [0.25, 0.3) is 0 Å². The van der Waals surface area contributed by atoms with Gasteiger partial charge in [-0.15, -0.1) is 12.4 Å². The van der Waals surface area contributed by atoms with Gasteiger partial charge in [0, 0.05) is 25.4 Å². The van der Waals surface area contributed by atoms with E-state index < -0.39 is 5.54 Å². The minimum Gasteiger partial charge on any atom is -0.476 e. The fourth-order valence-corrected chi connectivity index (χ4v) is 1.99. The molecule has 1 aromatic rings. The van der Waals surface area contributed by atoms with Crippen molar-refractivity contribution in [3.8, 4) is 5.88 Å². The van der Waals surface area contributed by atoms with Crippen LogP contribution in [0.4, 0.5) is 0 Å². The highest BCUT2D eigenvalue weighted by Crippen LogP contribution is 2.11. The predicted octanol–water partition coefficient (Wildman–Crippen LogP) is 1.58.